The number of pyridine rings is 1. The highest BCUT2D eigenvalue weighted by atomic mass is 32.1. The van der Waals surface area contributed by atoms with Crippen LogP contribution in [0.3, 0.4) is 0 Å². The van der Waals surface area contributed by atoms with Crippen molar-refractivity contribution in [3.05, 3.63) is 45.7 Å². The molecule has 2 atom stereocenters. The molecule has 0 bridgehead atoms. The summed E-state index contributed by atoms with van der Waals surface area (Å²) in [7, 11) is 0. The third-order valence-corrected chi connectivity index (χ3v) is 4.75. The third kappa shape index (κ3) is 4.75. The van der Waals surface area contributed by atoms with E-state index in [0.717, 1.165) is 17.6 Å². The second-order valence-corrected chi connectivity index (χ2v) is 6.76. The van der Waals surface area contributed by atoms with E-state index in [1.54, 1.807) is 0 Å². The lowest BCUT2D eigenvalue weighted by atomic mass is 10.1. The van der Waals surface area contributed by atoms with Crippen LogP contribution in [0.4, 0.5) is 31.1 Å². The number of carbonyl (C=O) groups excluding carboxylic acids is 2. The van der Waals surface area contributed by atoms with Crippen LogP contribution >= 0.6 is 11.3 Å². The molecule has 0 aliphatic carbocycles. The van der Waals surface area contributed by atoms with E-state index in [4.69, 9.17) is 0 Å². The van der Waals surface area contributed by atoms with E-state index in [1.807, 2.05) is 0 Å². The minimum Gasteiger partial charge on any atom is -0.342 e. The maximum atomic E-state index is 12.9. The number of amides is 3. The van der Waals surface area contributed by atoms with Gasteiger partial charge in [-0.05, 0) is 11.6 Å². The van der Waals surface area contributed by atoms with Gasteiger partial charge in [0.25, 0.3) is 0 Å². The number of alkyl halides is 6. The molecule has 0 unspecified atom stereocenters. The second kappa shape index (κ2) is 7.50. The Kier molecular flexibility index (Phi) is 5.38. The fourth-order valence-corrected chi connectivity index (χ4v) is 3.19. The summed E-state index contributed by atoms with van der Waals surface area (Å²) in [6.45, 7) is -0.0620. The number of thiazole rings is 1. The zero-order chi connectivity index (χ0) is 21.4. The van der Waals surface area contributed by atoms with Crippen LogP contribution in [-0.2, 0) is 17.1 Å². The largest absolute Gasteiger partial charge is 0.443 e. The summed E-state index contributed by atoms with van der Waals surface area (Å²) < 4.78 is 76.8. The Morgan fingerprint density at radius 1 is 1.21 bits per heavy atom. The Balaban J connectivity index is 1.92. The summed E-state index contributed by atoms with van der Waals surface area (Å²) in [5.74, 6) is -0.755. The van der Waals surface area contributed by atoms with E-state index >= 15 is 0 Å². The van der Waals surface area contributed by atoms with E-state index in [9.17, 15) is 35.9 Å². The molecule has 3 heterocycles. The molecule has 3 N–H and O–H groups in total. The van der Waals surface area contributed by atoms with Crippen LogP contribution in [0.25, 0.3) is 0 Å². The molecule has 1 saturated heterocycles. The van der Waals surface area contributed by atoms with Crippen molar-refractivity contribution < 1.29 is 35.9 Å². The first-order valence-corrected chi connectivity index (χ1v) is 8.73. The molecular weight excluding hydrogens is 428 g/mol. The van der Waals surface area contributed by atoms with Gasteiger partial charge in [-0.25, -0.2) is 9.78 Å². The Morgan fingerprint density at radius 3 is 2.41 bits per heavy atom. The molecule has 3 amide bonds. The molecule has 0 spiro atoms. The number of nitrogens with zero attached hydrogens (tertiary/aromatic N) is 2. The van der Waals surface area contributed by atoms with Crippen molar-refractivity contribution in [1.29, 1.82) is 0 Å². The lowest BCUT2D eigenvalue weighted by Gasteiger charge is -2.20. The molecule has 156 valence electrons. The number of carbonyl (C=O) groups is 2. The third-order valence-electron chi connectivity index (χ3n) is 3.85. The van der Waals surface area contributed by atoms with Gasteiger partial charge in [-0.15, -0.1) is 11.3 Å². The fraction of sp³-hybridized carbons (Fsp3) is 0.333. The standard InChI is InChI=1S/C15H11F6N5O2S/c16-14(17,18)9-2-1-6(3-22-9)10(8-5-29-12(24-8)15(19,20)21)26-11(27)7-4-23-13(28)25-7/h1-3,5,7,10H,4H2,(H,26,27)(H2,23,25,28)/t7-,10-/m0/s1. The fourth-order valence-electron chi connectivity index (χ4n) is 2.48. The Morgan fingerprint density at radius 2 is 1.93 bits per heavy atom. The van der Waals surface area contributed by atoms with Crippen LogP contribution in [0.5, 0.6) is 0 Å². The summed E-state index contributed by atoms with van der Waals surface area (Å²) in [4.78, 5) is 30.3. The van der Waals surface area contributed by atoms with Crippen molar-refractivity contribution in [3.63, 3.8) is 0 Å². The molecule has 14 heteroatoms. The van der Waals surface area contributed by atoms with Crippen molar-refractivity contribution in [2.45, 2.75) is 24.4 Å². The molecule has 1 aliphatic rings. The Labute approximate surface area is 162 Å². The molecule has 29 heavy (non-hydrogen) atoms. The SMILES string of the molecule is O=C1NC[C@@H](C(=O)N[C@@H](c2ccc(C(F)(F)F)nc2)c2csc(C(F)(F)F)n2)N1. The molecular formula is C15H11F6N5O2S. The van der Waals surface area contributed by atoms with E-state index < -0.39 is 47.1 Å². The monoisotopic (exact) mass is 439 g/mol. The number of hydrogen-bond donors (Lipinski definition) is 3. The molecule has 1 aliphatic heterocycles. The van der Waals surface area contributed by atoms with Crippen LogP contribution < -0.4 is 16.0 Å². The number of nitrogens with one attached hydrogen (secondary N) is 3. The first kappa shape index (κ1) is 20.8. The number of halogens is 6. The van der Waals surface area contributed by atoms with Crippen LogP contribution in [0.1, 0.15) is 28.0 Å². The van der Waals surface area contributed by atoms with E-state index in [-0.39, 0.29) is 29.1 Å². The van der Waals surface area contributed by atoms with Gasteiger partial charge in [0.1, 0.15) is 11.7 Å². The van der Waals surface area contributed by atoms with Gasteiger partial charge >= 0.3 is 18.4 Å². The predicted octanol–water partition coefficient (Wildman–Crippen LogP) is 2.46. The van der Waals surface area contributed by atoms with Crippen molar-refractivity contribution >= 4 is 23.3 Å². The zero-order valence-electron chi connectivity index (χ0n) is 14.1. The van der Waals surface area contributed by atoms with Gasteiger partial charge < -0.3 is 16.0 Å². The Bertz CT molecular complexity index is 911. The average Bonchev–Trinajstić information content (AvgIpc) is 3.28. The van der Waals surface area contributed by atoms with Crippen LogP contribution in [0.15, 0.2) is 23.7 Å². The molecule has 1 fully saturated rings. The molecule has 2 aromatic heterocycles. The topological polar surface area (TPSA) is 96.0 Å². The summed E-state index contributed by atoms with van der Waals surface area (Å²) in [6, 6.07) is -1.29. The normalized spacial score (nSPS) is 18.1. The number of hydrogen-bond acceptors (Lipinski definition) is 5. The second-order valence-electron chi connectivity index (χ2n) is 5.90. The van der Waals surface area contributed by atoms with E-state index in [1.165, 1.54) is 0 Å². The predicted molar refractivity (Wildman–Crippen MR) is 86.7 cm³/mol. The first-order chi connectivity index (χ1) is 13.4. The zero-order valence-corrected chi connectivity index (χ0v) is 14.9. The maximum Gasteiger partial charge on any atom is 0.443 e. The number of aromatic nitrogens is 2. The van der Waals surface area contributed by atoms with Gasteiger partial charge in [0.05, 0.1) is 11.7 Å². The molecule has 2 aromatic rings. The van der Waals surface area contributed by atoms with E-state index in [0.29, 0.717) is 6.07 Å². The summed E-state index contributed by atoms with van der Waals surface area (Å²) in [5.41, 5.74) is -1.44. The Hall–Kier alpha value is -2.90. The average molecular weight is 439 g/mol. The molecule has 0 radical (unpaired) electrons. The van der Waals surface area contributed by atoms with Crippen LogP contribution in [-0.4, -0.2) is 34.5 Å². The van der Waals surface area contributed by atoms with Gasteiger partial charge in [0.2, 0.25) is 5.91 Å². The van der Waals surface area contributed by atoms with Crippen molar-refractivity contribution in [3.8, 4) is 0 Å². The lowest BCUT2D eigenvalue weighted by Crippen LogP contribution is -2.44. The van der Waals surface area contributed by atoms with Gasteiger partial charge in [-0.3, -0.25) is 9.78 Å². The lowest BCUT2D eigenvalue weighted by molar-refractivity contribution is -0.141. The summed E-state index contributed by atoms with van der Waals surface area (Å²) >= 11 is 0.277. The molecule has 7 nitrogen and oxygen atoms in total. The van der Waals surface area contributed by atoms with Crippen LogP contribution in [0, 0.1) is 0 Å². The van der Waals surface area contributed by atoms with Gasteiger partial charge in [0, 0.05) is 18.1 Å². The van der Waals surface area contributed by atoms with Crippen molar-refractivity contribution in [1.82, 2.24) is 25.9 Å². The van der Waals surface area contributed by atoms with Crippen molar-refractivity contribution in [2.75, 3.05) is 6.54 Å². The minimum absolute atomic E-state index is 0.0114. The molecule has 0 aromatic carbocycles. The number of urea groups is 1. The molecule has 3 rings (SSSR count). The quantitative estimate of drug-likeness (QED) is 0.638. The minimum atomic E-state index is -4.72. The smallest absolute Gasteiger partial charge is 0.342 e. The number of rotatable bonds is 4. The summed E-state index contributed by atoms with van der Waals surface area (Å²) in [6.07, 6.45) is -8.63. The van der Waals surface area contributed by atoms with Gasteiger partial charge in [-0.1, -0.05) is 6.07 Å². The highest BCUT2D eigenvalue weighted by molar-refractivity contribution is 7.09. The first-order valence-electron chi connectivity index (χ1n) is 7.85. The van der Waals surface area contributed by atoms with Gasteiger partial charge in [0.15, 0.2) is 5.01 Å². The highest BCUT2D eigenvalue weighted by Gasteiger charge is 2.37. The maximum absolute atomic E-state index is 12.9. The highest BCUT2D eigenvalue weighted by Crippen LogP contribution is 2.34. The van der Waals surface area contributed by atoms with Gasteiger partial charge in [-0.2, -0.15) is 26.3 Å². The van der Waals surface area contributed by atoms with Crippen LogP contribution in [0.2, 0.25) is 0 Å². The summed E-state index contributed by atoms with van der Waals surface area (Å²) in [5, 5.41) is 6.89. The van der Waals surface area contributed by atoms with Crippen molar-refractivity contribution in [2.24, 2.45) is 0 Å². The molecule has 0 saturated carbocycles. The van der Waals surface area contributed by atoms with E-state index in [2.05, 4.69) is 25.9 Å².